The van der Waals surface area contributed by atoms with Crippen molar-refractivity contribution >= 4 is 52.6 Å². The van der Waals surface area contributed by atoms with E-state index in [2.05, 4.69) is 10.2 Å². The molecule has 0 aliphatic carbocycles. The number of amides is 3. The van der Waals surface area contributed by atoms with Gasteiger partial charge in [-0.15, -0.1) is 10.2 Å². The van der Waals surface area contributed by atoms with Gasteiger partial charge in [0.1, 0.15) is 0 Å². The molecule has 1 aromatic carbocycles. The van der Waals surface area contributed by atoms with Crippen LogP contribution in [0.25, 0.3) is 0 Å². The number of nitrogens with one attached hydrogen (secondary N) is 1. The normalized spacial score (nSPS) is 11.7. The summed E-state index contributed by atoms with van der Waals surface area (Å²) in [5.41, 5.74) is 5.56. The molecule has 2 rings (SSSR count). The number of hydrogen-bond acceptors (Lipinski definition) is 8. The molecule has 2 aromatic rings. The van der Waals surface area contributed by atoms with Gasteiger partial charge in [0, 0.05) is 5.56 Å². The minimum atomic E-state index is -0.889. The Balaban J connectivity index is 1.86. The number of thioether (sulfide) groups is 2. The van der Waals surface area contributed by atoms with Crippen molar-refractivity contribution in [3.05, 3.63) is 35.9 Å². The monoisotopic (exact) mass is 382 g/mol. The number of nitrogens with zero attached hydrogens (tertiary/aromatic N) is 2. The first kappa shape index (κ1) is 18.4. The number of urea groups is 1. The predicted octanol–water partition coefficient (Wildman–Crippen LogP) is 2.19. The van der Waals surface area contributed by atoms with Gasteiger partial charge in [0.05, 0.1) is 11.0 Å². The van der Waals surface area contributed by atoms with Gasteiger partial charge in [-0.2, -0.15) is 0 Å². The lowest BCUT2D eigenvalue weighted by Crippen LogP contribution is -2.39. The van der Waals surface area contributed by atoms with Crippen LogP contribution < -0.4 is 11.1 Å². The van der Waals surface area contributed by atoms with E-state index >= 15 is 0 Å². The second-order valence-electron chi connectivity index (χ2n) is 4.53. The van der Waals surface area contributed by atoms with Crippen LogP contribution in [0.1, 0.15) is 17.3 Å². The second kappa shape index (κ2) is 8.81. The number of primary amides is 1. The summed E-state index contributed by atoms with van der Waals surface area (Å²) in [5.74, 6) is -0.212. The number of rotatable bonds is 7. The first-order valence-corrected chi connectivity index (χ1v) is 9.45. The summed E-state index contributed by atoms with van der Waals surface area (Å²) >= 11 is 3.76. The van der Waals surface area contributed by atoms with Crippen molar-refractivity contribution in [2.75, 3.05) is 5.75 Å². The molecular weight excluding hydrogens is 368 g/mol. The summed E-state index contributed by atoms with van der Waals surface area (Å²) in [6.07, 6.45) is 0. The van der Waals surface area contributed by atoms with Crippen LogP contribution in [0.4, 0.5) is 4.79 Å². The zero-order valence-electron chi connectivity index (χ0n) is 12.6. The Morgan fingerprint density at radius 3 is 2.54 bits per heavy atom. The van der Waals surface area contributed by atoms with E-state index < -0.39 is 17.2 Å². The van der Waals surface area contributed by atoms with Crippen molar-refractivity contribution < 1.29 is 14.4 Å². The molecule has 10 heteroatoms. The molecule has 0 radical (unpaired) electrons. The summed E-state index contributed by atoms with van der Waals surface area (Å²) in [4.78, 5) is 34.3. The Labute approximate surface area is 150 Å². The van der Waals surface area contributed by atoms with E-state index in [9.17, 15) is 14.4 Å². The largest absolute Gasteiger partial charge is 0.351 e. The van der Waals surface area contributed by atoms with Gasteiger partial charge < -0.3 is 5.73 Å². The predicted molar refractivity (Wildman–Crippen MR) is 94.5 cm³/mol. The fourth-order valence-corrected chi connectivity index (χ4v) is 4.62. The number of imide groups is 1. The fraction of sp³-hybridized carbons (Fsp3) is 0.214. The van der Waals surface area contributed by atoms with Crippen LogP contribution in [0.5, 0.6) is 0 Å². The van der Waals surface area contributed by atoms with Crippen LogP contribution in [0.3, 0.4) is 0 Å². The molecule has 1 aromatic heterocycles. The van der Waals surface area contributed by atoms with Gasteiger partial charge in [0.15, 0.2) is 14.5 Å². The molecule has 0 spiro atoms. The molecule has 0 fully saturated rings. The molecule has 0 saturated carbocycles. The van der Waals surface area contributed by atoms with Gasteiger partial charge in [0.25, 0.3) is 0 Å². The highest BCUT2D eigenvalue weighted by atomic mass is 32.2. The van der Waals surface area contributed by atoms with Gasteiger partial charge in [-0.05, 0) is 6.92 Å². The van der Waals surface area contributed by atoms with Gasteiger partial charge >= 0.3 is 6.03 Å². The lowest BCUT2D eigenvalue weighted by Gasteiger charge is -2.06. The van der Waals surface area contributed by atoms with Crippen LogP contribution in [0.2, 0.25) is 0 Å². The summed E-state index contributed by atoms with van der Waals surface area (Å²) in [5, 5.41) is 9.44. The smallest absolute Gasteiger partial charge is 0.318 e. The molecule has 3 amide bonds. The zero-order chi connectivity index (χ0) is 17.5. The molecule has 24 heavy (non-hydrogen) atoms. The minimum Gasteiger partial charge on any atom is -0.351 e. The lowest BCUT2D eigenvalue weighted by molar-refractivity contribution is -0.119. The molecule has 0 aliphatic heterocycles. The van der Waals surface area contributed by atoms with E-state index in [0.717, 1.165) is 0 Å². The lowest BCUT2D eigenvalue weighted by atomic mass is 10.2. The van der Waals surface area contributed by atoms with E-state index in [1.807, 2.05) is 23.5 Å². The number of aromatic nitrogens is 2. The molecule has 126 valence electrons. The third-order valence-corrected chi connectivity index (χ3v) is 5.94. The van der Waals surface area contributed by atoms with Gasteiger partial charge in [-0.3, -0.25) is 14.9 Å². The number of nitrogens with two attached hydrogens (primary N) is 1. The van der Waals surface area contributed by atoms with Gasteiger partial charge in [-0.25, -0.2) is 4.79 Å². The van der Waals surface area contributed by atoms with Crippen molar-refractivity contribution in [2.45, 2.75) is 20.9 Å². The average Bonchev–Trinajstić information content (AvgIpc) is 3.00. The standard InChI is InChI=1S/C14H14N4O3S3/c1-8(11(20)16-12(15)21)23-14-18-17-13(24-14)22-7-10(19)9-5-3-2-4-6-9/h2-6,8H,7H2,1H3,(H3,15,16,20,21)/t8-/m0/s1. The molecular formula is C14H14N4O3S3. The van der Waals surface area contributed by atoms with Crippen LogP contribution in [0.15, 0.2) is 39.0 Å². The van der Waals surface area contributed by atoms with Gasteiger partial charge in [-0.1, -0.05) is 65.2 Å². The fourth-order valence-electron chi connectivity index (χ4n) is 1.57. The molecule has 7 nitrogen and oxygen atoms in total. The molecule has 1 heterocycles. The van der Waals surface area contributed by atoms with Crippen LogP contribution in [-0.4, -0.2) is 38.9 Å². The van der Waals surface area contributed by atoms with Crippen LogP contribution >= 0.6 is 34.9 Å². The summed E-state index contributed by atoms with van der Waals surface area (Å²) in [6, 6.07) is 8.13. The maximum atomic E-state index is 12.0. The number of benzene rings is 1. The highest BCUT2D eigenvalue weighted by molar-refractivity contribution is 8.04. The number of carbonyl (C=O) groups is 3. The topological polar surface area (TPSA) is 115 Å². The highest BCUT2D eigenvalue weighted by Gasteiger charge is 2.18. The average molecular weight is 382 g/mol. The summed E-state index contributed by atoms with van der Waals surface area (Å²) in [6.45, 7) is 1.64. The third-order valence-electron chi connectivity index (χ3n) is 2.70. The first-order valence-electron chi connectivity index (χ1n) is 6.77. The molecule has 3 N–H and O–H groups in total. The van der Waals surface area contributed by atoms with Crippen LogP contribution in [-0.2, 0) is 4.79 Å². The third kappa shape index (κ3) is 5.62. The minimum absolute atomic E-state index is 0.0132. The Morgan fingerprint density at radius 1 is 1.21 bits per heavy atom. The van der Waals surface area contributed by atoms with E-state index in [0.29, 0.717) is 14.2 Å². The summed E-state index contributed by atoms with van der Waals surface area (Å²) in [7, 11) is 0. The highest BCUT2D eigenvalue weighted by Crippen LogP contribution is 2.31. The number of hydrogen-bond donors (Lipinski definition) is 2. The van der Waals surface area contributed by atoms with Crippen molar-refractivity contribution in [1.29, 1.82) is 0 Å². The Morgan fingerprint density at radius 2 is 1.88 bits per heavy atom. The van der Waals surface area contributed by atoms with E-state index in [-0.39, 0.29) is 11.5 Å². The van der Waals surface area contributed by atoms with E-state index in [4.69, 9.17) is 5.73 Å². The molecule has 0 unspecified atom stereocenters. The number of Topliss-reactive ketones (excluding diaryl/α,β-unsaturated/α-hetero) is 1. The van der Waals surface area contributed by atoms with Crippen LogP contribution in [0, 0.1) is 0 Å². The Hall–Kier alpha value is -1.91. The second-order valence-corrected chi connectivity index (χ2v) is 8.31. The maximum Gasteiger partial charge on any atom is 0.318 e. The number of carbonyl (C=O) groups excluding carboxylic acids is 3. The Bertz CT molecular complexity index is 736. The first-order chi connectivity index (χ1) is 11.5. The molecule has 0 saturated heterocycles. The zero-order valence-corrected chi connectivity index (χ0v) is 15.0. The van der Waals surface area contributed by atoms with E-state index in [1.54, 1.807) is 19.1 Å². The maximum absolute atomic E-state index is 12.0. The number of ketones is 1. The van der Waals surface area contributed by atoms with E-state index in [1.165, 1.54) is 34.9 Å². The quantitative estimate of drug-likeness (QED) is 0.557. The summed E-state index contributed by atoms with van der Waals surface area (Å²) < 4.78 is 1.22. The molecule has 0 bridgehead atoms. The van der Waals surface area contributed by atoms with Crippen molar-refractivity contribution in [2.24, 2.45) is 5.73 Å². The Kier molecular flexibility index (Phi) is 6.76. The molecule has 1 atom stereocenters. The van der Waals surface area contributed by atoms with Crippen molar-refractivity contribution in [3.8, 4) is 0 Å². The van der Waals surface area contributed by atoms with Gasteiger partial charge in [0.2, 0.25) is 5.91 Å². The van der Waals surface area contributed by atoms with Crippen molar-refractivity contribution in [3.63, 3.8) is 0 Å². The SMILES string of the molecule is C[C@H](Sc1nnc(SCC(=O)c2ccccc2)s1)C(=O)NC(N)=O. The van der Waals surface area contributed by atoms with Crippen molar-refractivity contribution in [1.82, 2.24) is 15.5 Å². The molecule has 0 aliphatic rings.